The van der Waals surface area contributed by atoms with Gasteiger partial charge in [0.05, 0.1) is 10.4 Å². The molecule has 1 aromatic carbocycles. The maximum absolute atomic E-state index is 13.3. The lowest BCUT2D eigenvalue weighted by Crippen LogP contribution is -2.65. The predicted molar refractivity (Wildman–Crippen MR) is 93.7 cm³/mol. The second-order valence-corrected chi connectivity index (χ2v) is 8.69. The lowest BCUT2D eigenvalue weighted by atomic mass is 9.46. The van der Waals surface area contributed by atoms with E-state index in [-0.39, 0.29) is 22.4 Å². The van der Waals surface area contributed by atoms with E-state index in [1.807, 2.05) is 0 Å². The van der Waals surface area contributed by atoms with Crippen LogP contribution in [0.3, 0.4) is 0 Å². The molecule has 0 spiro atoms. The summed E-state index contributed by atoms with van der Waals surface area (Å²) in [7, 11) is 0. The number of carbonyl (C=O) groups is 2. The number of nitrogens with one attached hydrogen (secondary N) is 2. The smallest absolute Gasteiger partial charge is 0.230 e. The van der Waals surface area contributed by atoms with Gasteiger partial charge in [-0.15, -0.1) is 0 Å². The lowest BCUT2D eigenvalue weighted by molar-refractivity contribution is -0.148. The zero-order chi connectivity index (χ0) is 17.8. The predicted octanol–water partition coefficient (Wildman–Crippen LogP) is 3.89. The normalized spacial score (nSPS) is 35.5. The molecule has 2 unspecified atom stereocenters. The summed E-state index contributed by atoms with van der Waals surface area (Å²) in [5, 5.41) is 6.09. The minimum Gasteiger partial charge on any atom is -0.351 e. The fraction of sp³-hybridized carbons (Fsp3) is 0.579. The van der Waals surface area contributed by atoms with Crippen molar-refractivity contribution in [2.24, 2.45) is 17.3 Å². The van der Waals surface area contributed by atoms with E-state index >= 15 is 0 Å². The average molecular weight is 365 g/mol. The minimum absolute atomic E-state index is 0.00183. The highest BCUT2D eigenvalue weighted by atomic mass is 35.5. The quantitative estimate of drug-likeness (QED) is 0.854. The minimum atomic E-state index is -0.501. The summed E-state index contributed by atoms with van der Waals surface area (Å²) in [5.74, 6) is 0.409. The van der Waals surface area contributed by atoms with Gasteiger partial charge in [-0.05, 0) is 68.6 Å². The largest absolute Gasteiger partial charge is 0.351 e. The molecular weight excluding hydrogens is 343 g/mol. The van der Waals surface area contributed by atoms with Gasteiger partial charge in [0.1, 0.15) is 5.82 Å². The molecule has 25 heavy (non-hydrogen) atoms. The fourth-order valence-corrected chi connectivity index (χ4v) is 6.07. The molecule has 0 aliphatic heterocycles. The number of carbonyl (C=O) groups excluding carboxylic acids is 2. The van der Waals surface area contributed by atoms with Gasteiger partial charge < -0.3 is 10.6 Å². The molecule has 4 fully saturated rings. The van der Waals surface area contributed by atoms with E-state index in [4.69, 9.17) is 11.6 Å². The molecule has 4 aliphatic carbocycles. The van der Waals surface area contributed by atoms with Crippen LogP contribution in [0.4, 0.5) is 10.1 Å². The summed E-state index contributed by atoms with van der Waals surface area (Å²) in [5.41, 5.74) is -0.179. The van der Waals surface area contributed by atoms with Crippen molar-refractivity contribution in [2.75, 3.05) is 5.32 Å². The van der Waals surface area contributed by atoms with Gasteiger partial charge in [-0.3, -0.25) is 9.59 Å². The molecule has 4 nitrogen and oxygen atoms in total. The molecule has 0 aromatic heterocycles. The SMILES string of the molecule is CC(=O)NC12CC3CC(C1)CC(C(=O)Nc1ccc(F)c(Cl)c1)(C3)C2. The number of amides is 2. The molecule has 4 bridgehead atoms. The maximum Gasteiger partial charge on any atom is 0.230 e. The van der Waals surface area contributed by atoms with E-state index in [0.717, 1.165) is 32.1 Å². The van der Waals surface area contributed by atoms with Crippen LogP contribution in [0, 0.1) is 23.1 Å². The van der Waals surface area contributed by atoms with E-state index in [1.165, 1.54) is 18.2 Å². The Labute approximate surface area is 151 Å². The molecule has 0 saturated heterocycles. The standard InChI is InChI=1S/C19H22ClFN2O2/c1-11(24)23-19-8-12-4-13(9-19)7-18(6-12,10-19)17(25)22-14-2-3-16(21)15(20)5-14/h2-3,5,12-13H,4,6-10H2,1H3,(H,22,25)(H,23,24). The van der Waals surface area contributed by atoms with E-state index in [9.17, 15) is 14.0 Å². The fourth-order valence-electron chi connectivity index (χ4n) is 5.89. The summed E-state index contributed by atoms with van der Waals surface area (Å²) >= 11 is 5.82. The molecule has 2 atom stereocenters. The van der Waals surface area contributed by atoms with Crippen LogP contribution in [0.15, 0.2) is 18.2 Å². The summed E-state index contributed by atoms with van der Waals surface area (Å²) in [6, 6.07) is 4.23. The molecule has 0 radical (unpaired) electrons. The average Bonchev–Trinajstić information content (AvgIpc) is 2.48. The highest BCUT2D eigenvalue weighted by molar-refractivity contribution is 6.31. The van der Waals surface area contributed by atoms with Gasteiger partial charge in [-0.1, -0.05) is 11.6 Å². The third kappa shape index (κ3) is 2.92. The molecule has 4 aliphatic rings. The maximum atomic E-state index is 13.3. The lowest BCUT2D eigenvalue weighted by Gasteiger charge is -2.61. The van der Waals surface area contributed by atoms with Crippen LogP contribution in [0.1, 0.15) is 45.4 Å². The second kappa shape index (κ2) is 5.70. The summed E-state index contributed by atoms with van der Waals surface area (Å²) in [6.45, 7) is 1.55. The molecule has 4 saturated carbocycles. The topological polar surface area (TPSA) is 58.2 Å². The van der Waals surface area contributed by atoms with Gasteiger partial charge in [0.25, 0.3) is 0 Å². The summed E-state index contributed by atoms with van der Waals surface area (Å²) in [6.07, 6.45) is 5.52. The molecular formula is C19H22ClFN2O2. The molecule has 1 aromatic rings. The Hall–Kier alpha value is -1.62. The second-order valence-electron chi connectivity index (χ2n) is 8.29. The number of hydrogen-bond donors (Lipinski definition) is 2. The Bertz CT molecular complexity index is 737. The molecule has 0 heterocycles. The van der Waals surface area contributed by atoms with Gasteiger partial charge >= 0.3 is 0 Å². The van der Waals surface area contributed by atoms with Crippen molar-refractivity contribution < 1.29 is 14.0 Å². The van der Waals surface area contributed by atoms with Gasteiger partial charge in [-0.2, -0.15) is 0 Å². The summed E-state index contributed by atoms with van der Waals surface area (Å²) < 4.78 is 13.3. The van der Waals surface area contributed by atoms with Crippen molar-refractivity contribution in [1.29, 1.82) is 0 Å². The molecule has 134 valence electrons. The van der Waals surface area contributed by atoms with E-state index < -0.39 is 11.2 Å². The zero-order valence-electron chi connectivity index (χ0n) is 14.2. The van der Waals surface area contributed by atoms with Crippen LogP contribution >= 0.6 is 11.6 Å². The van der Waals surface area contributed by atoms with Crippen LogP contribution in [-0.4, -0.2) is 17.4 Å². The number of rotatable bonds is 3. The van der Waals surface area contributed by atoms with E-state index in [1.54, 1.807) is 6.92 Å². The molecule has 6 heteroatoms. The Morgan fingerprint density at radius 1 is 1.20 bits per heavy atom. The van der Waals surface area contributed by atoms with Crippen molar-refractivity contribution in [3.05, 3.63) is 29.0 Å². The van der Waals surface area contributed by atoms with Gasteiger partial charge in [0.15, 0.2) is 0 Å². The van der Waals surface area contributed by atoms with Crippen molar-refractivity contribution in [2.45, 2.75) is 51.0 Å². The van der Waals surface area contributed by atoms with Crippen molar-refractivity contribution in [3.8, 4) is 0 Å². The van der Waals surface area contributed by atoms with Gasteiger partial charge in [0.2, 0.25) is 11.8 Å². The number of hydrogen-bond acceptors (Lipinski definition) is 2. The third-order valence-electron chi connectivity index (χ3n) is 6.16. The van der Waals surface area contributed by atoms with E-state index in [0.29, 0.717) is 23.9 Å². The molecule has 5 rings (SSSR count). The van der Waals surface area contributed by atoms with E-state index in [2.05, 4.69) is 10.6 Å². The first-order chi connectivity index (χ1) is 11.8. The van der Waals surface area contributed by atoms with Gasteiger partial charge in [0, 0.05) is 18.2 Å². The van der Waals surface area contributed by atoms with Crippen LogP contribution < -0.4 is 10.6 Å². The zero-order valence-corrected chi connectivity index (χ0v) is 15.0. The van der Waals surface area contributed by atoms with Crippen molar-refractivity contribution in [1.82, 2.24) is 5.32 Å². The van der Waals surface area contributed by atoms with Crippen LogP contribution in [0.2, 0.25) is 5.02 Å². The number of benzene rings is 1. The third-order valence-corrected chi connectivity index (χ3v) is 6.45. The Morgan fingerprint density at radius 2 is 1.88 bits per heavy atom. The first-order valence-corrected chi connectivity index (χ1v) is 9.22. The van der Waals surface area contributed by atoms with Crippen LogP contribution in [0.25, 0.3) is 0 Å². The van der Waals surface area contributed by atoms with Gasteiger partial charge in [-0.25, -0.2) is 4.39 Å². The first-order valence-electron chi connectivity index (χ1n) is 8.85. The van der Waals surface area contributed by atoms with Crippen molar-refractivity contribution >= 4 is 29.1 Å². The van der Waals surface area contributed by atoms with Crippen molar-refractivity contribution in [3.63, 3.8) is 0 Å². The van der Waals surface area contributed by atoms with Crippen LogP contribution in [-0.2, 0) is 9.59 Å². The Morgan fingerprint density at radius 3 is 2.48 bits per heavy atom. The number of halogens is 2. The molecule has 2 amide bonds. The monoisotopic (exact) mass is 364 g/mol. The summed E-state index contributed by atoms with van der Waals surface area (Å²) in [4.78, 5) is 24.8. The van der Waals surface area contributed by atoms with Crippen LogP contribution in [0.5, 0.6) is 0 Å². The Balaban J connectivity index is 1.59. The molecule has 2 N–H and O–H groups in total. The highest BCUT2D eigenvalue weighted by Crippen LogP contribution is 2.61. The first kappa shape index (κ1) is 16.8. The highest BCUT2D eigenvalue weighted by Gasteiger charge is 2.60. The Kier molecular flexibility index (Phi) is 3.83. The number of anilines is 1.